The number of amides is 1. The summed E-state index contributed by atoms with van der Waals surface area (Å²) in [5.41, 5.74) is -1.02. The van der Waals surface area contributed by atoms with Crippen molar-refractivity contribution in [2.75, 3.05) is 0 Å². The molecular formula is C17H33NO2. The van der Waals surface area contributed by atoms with Crippen molar-refractivity contribution in [3.63, 3.8) is 0 Å². The minimum Gasteiger partial charge on any atom is -0.380 e. The lowest BCUT2D eigenvalue weighted by atomic mass is 10.0. The highest BCUT2D eigenvalue weighted by atomic mass is 16.3. The van der Waals surface area contributed by atoms with Crippen LogP contribution in [0.4, 0.5) is 0 Å². The highest BCUT2D eigenvalue weighted by Gasteiger charge is 2.48. The highest BCUT2D eigenvalue weighted by molar-refractivity contribution is 5.87. The van der Waals surface area contributed by atoms with Gasteiger partial charge in [0.2, 0.25) is 0 Å². The van der Waals surface area contributed by atoms with E-state index in [9.17, 15) is 9.90 Å². The van der Waals surface area contributed by atoms with Gasteiger partial charge in [0.05, 0.1) is 0 Å². The van der Waals surface area contributed by atoms with Crippen molar-refractivity contribution < 1.29 is 9.90 Å². The van der Waals surface area contributed by atoms with Crippen molar-refractivity contribution in [3.8, 4) is 0 Å². The first-order chi connectivity index (χ1) is 9.62. The van der Waals surface area contributed by atoms with Gasteiger partial charge in [-0.25, -0.2) is 0 Å². The third-order valence-electron chi connectivity index (χ3n) is 4.29. The minimum atomic E-state index is -1.02. The molecule has 0 aromatic rings. The van der Waals surface area contributed by atoms with Crippen LogP contribution in [0.25, 0.3) is 0 Å². The van der Waals surface area contributed by atoms with E-state index in [0.29, 0.717) is 12.8 Å². The second-order valence-electron chi connectivity index (χ2n) is 6.40. The van der Waals surface area contributed by atoms with E-state index in [1.807, 2.05) is 0 Å². The molecule has 0 spiro atoms. The van der Waals surface area contributed by atoms with E-state index in [0.717, 1.165) is 12.8 Å². The van der Waals surface area contributed by atoms with Gasteiger partial charge in [-0.15, -0.1) is 0 Å². The normalized spacial score (nSPS) is 17.8. The first kappa shape index (κ1) is 17.5. The molecule has 0 heterocycles. The Bertz CT molecular complexity index is 274. The first-order valence-electron chi connectivity index (χ1n) is 8.65. The second kappa shape index (κ2) is 9.38. The molecule has 0 aromatic carbocycles. The highest BCUT2D eigenvalue weighted by Crippen LogP contribution is 2.35. The molecule has 3 nitrogen and oxygen atoms in total. The van der Waals surface area contributed by atoms with Crippen LogP contribution in [0.3, 0.4) is 0 Å². The van der Waals surface area contributed by atoms with Crippen molar-refractivity contribution in [1.29, 1.82) is 0 Å². The molecule has 1 saturated carbocycles. The molecule has 0 radical (unpaired) electrons. The van der Waals surface area contributed by atoms with Gasteiger partial charge in [-0.1, -0.05) is 65.2 Å². The number of hydrogen-bond acceptors (Lipinski definition) is 2. The summed E-state index contributed by atoms with van der Waals surface area (Å²) < 4.78 is 0. The Morgan fingerprint density at radius 2 is 1.50 bits per heavy atom. The number of unbranched alkanes of at least 4 members (excludes halogenated alkanes) is 6. The number of carbonyl (C=O) groups excluding carboxylic acids is 1. The Morgan fingerprint density at radius 1 is 1.00 bits per heavy atom. The number of carbonyl (C=O) groups is 1. The quantitative estimate of drug-likeness (QED) is 0.533. The van der Waals surface area contributed by atoms with Gasteiger partial charge in [-0.2, -0.15) is 0 Å². The number of aliphatic hydroxyl groups is 1. The fraction of sp³-hybridized carbons (Fsp3) is 0.941. The predicted molar refractivity (Wildman–Crippen MR) is 83.6 cm³/mol. The van der Waals surface area contributed by atoms with Crippen molar-refractivity contribution >= 4 is 5.91 Å². The van der Waals surface area contributed by atoms with Crippen LogP contribution in [0.2, 0.25) is 0 Å². The molecule has 0 saturated heterocycles. The van der Waals surface area contributed by atoms with Crippen LogP contribution in [0.5, 0.6) is 0 Å². The number of nitrogens with one attached hydrogen (secondary N) is 1. The van der Waals surface area contributed by atoms with Gasteiger partial charge in [0.1, 0.15) is 5.60 Å². The first-order valence-corrected chi connectivity index (χ1v) is 8.65. The molecule has 0 aliphatic heterocycles. The van der Waals surface area contributed by atoms with Gasteiger partial charge in [0.15, 0.2) is 0 Å². The monoisotopic (exact) mass is 283 g/mol. The molecule has 0 bridgehead atoms. The molecule has 3 heteroatoms. The standard InChI is InChI=1S/C17H33NO2/c1-3-5-7-8-10-12-15(11-9-6-4-2)18-16(19)17(20)13-14-17/h15,20H,3-14H2,1-2H3,(H,18,19). The van der Waals surface area contributed by atoms with E-state index in [1.54, 1.807) is 0 Å². The molecule has 1 amide bonds. The number of rotatable bonds is 12. The van der Waals surface area contributed by atoms with Gasteiger partial charge in [0.25, 0.3) is 5.91 Å². The third-order valence-corrected chi connectivity index (χ3v) is 4.29. The molecule has 1 aliphatic rings. The smallest absolute Gasteiger partial charge is 0.252 e. The predicted octanol–water partition coefficient (Wildman–Crippen LogP) is 3.94. The SMILES string of the molecule is CCCCCCCC(CCCCC)NC(=O)C1(O)CC1. The average Bonchev–Trinajstić information content (AvgIpc) is 3.18. The van der Waals surface area contributed by atoms with Crippen LogP contribution in [-0.4, -0.2) is 22.7 Å². The summed E-state index contributed by atoms with van der Waals surface area (Å²) in [6.07, 6.45) is 13.3. The zero-order chi connectivity index (χ0) is 14.8. The van der Waals surface area contributed by atoms with Crippen LogP contribution in [-0.2, 0) is 4.79 Å². The third kappa shape index (κ3) is 6.74. The van der Waals surface area contributed by atoms with Crippen LogP contribution in [0.15, 0.2) is 0 Å². The number of hydrogen-bond donors (Lipinski definition) is 2. The summed E-state index contributed by atoms with van der Waals surface area (Å²) in [6.45, 7) is 4.43. The zero-order valence-corrected chi connectivity index (χ0v) is 13.4. The lowest BCUT2D eigenvalue weighted by Gasteiger charge is -2.20. The summed E-state index contributed by atoms with van der Waals surface area (Å²) in [5, 5.41) is 12.9. The summed E-state index contributed by atoms with van der Waals surface area (Å²) >= 11 is 0. The van der Waals surface area contributed by atoms with Crippen LogP contribution < -0.4 is 5.32 Å². The van der Waals surface area contributed by atoms with E-state index < -0.39 is 5.60 Å². The molecule has 1 fully saturated rings. The molecule has 1 aliphatic carbocycles. The topological polar surface area (TPSA) is 49.3 Å². The van der Waals surface area contributed by atoms with Gasteiger partial charge in [0, 0.05) is 6.04 Å². The fourth-order valence-corrected chi connectivity index (χ4v) is 2.59. The maximum Gasteiger partial charge on any atom is 0.252 e. The Kier molecular flexibility index (Phi) is 8.20. The summed E-state index contributed by atoms with van der Waals surface area (Å²) in [5.74, 6) is -0.132. The Morgan fingerprint density at radius 3 is 2.05 bits per heavy atom. The molecule has 1 unspecified atom stereocenters. The average molecular weight is 283 g/mol. The molecule has 1 atom stereocenters. The van der Waals surface area contributed by atoms with Gasteiger partial charge < -0.3 is 10.4 Å². The van der Waals surface area contributed by atoms with Gasteiger partial charge >= 0.3 is 0 Å². The van der Waals surface area contributed by atoms with Gasteiger partial charge in [-0.3, -0.25) is 4.79 Å². The lowest BCUT2D eigenvalue weighted by Crippen LogP contribution is -2.42. The summed E-state index contributed by atoms with van der Waals surface area (Å²) in [6, 6.07) is 0.264. The lowest BCUT2D eigenvalue weighted by molar-refractivity contribution is -0.132. The molecule has 118 valence electrons. The van der Waals surface area contributed by atoms with Crippen molar-refractivity contribution in [2.45, 2.75) is 103 Å². The fourth-order valence-electron chi connectivity index (χ4n) is 2.59. The van der Waals surface area contributed by atoms with E-state index in [-0.39, 0.29) is 11.9 Å². The van der Waals surface area contributed by atoms with Crippen LogP contribution in [0, 0.1) is 0 Å². The van der Waals surface area contributed by atoms with E-state index >= 15 is 0 Å². The minimum absolute atomic E-state index is 0.132. The summed E-state index contributed by atoms with van der Waals surface area (Å²) in [7, 11) is 0. The van der Waals surface area contributed by atoms with Crippen molar-refractivity contribution in [1.82, 2.24) is 5.32 Å². The van der Waals surface area contributed by atoms with E-state index in [2.05, 4.69) is 19.2 Å². The Balaban J connectivity index is 2.25. The van der Waals surface area contributed by atoms with E-state index in [4.69, 9.17) is 0 Å². The largest absolute Gasteiger partial charge is 0.380 e. The molecule has 20 heavy (non-hydrogen) atoms. The van der Waals surface area contributed by atoms with Crippen molar-refractivity contribution in [2.24, 2.45) is 0 Å². The Hall–Kier alpha value is -0.570. The second-order valence-corrected chi connectivity index (χ2v) is 6.40. The van der Waals surface area contributed by atoms with Crippen LogP contribution >= 0.6 is 0 Å². The molecule has 1 rings (SSSR count). The zero-order valence-electron chi connectivity index (χ0n) is 13.4. The maximum absolute atomic E-state index is 11.9. The molecule has 0 aromatic heterocycles. The summed E-state index contributed by atoms with van der Waals surface area (Å²) in [4.78, 5) is 11.9. The molecule has 2 N–H and O–H groups in total. The van der Waals surface area contributed by atoms with E-state index in [1.165, 1.54) is 51.4 Å². The van der Waals surface area contributed by atoms with Gasteiger partial charge in [-0.05, 0) is 25.7 Å². The van der Waals surface area contributed by atoms with Crippen molar-refractivity contribution in [3.05, 3.63) is 0 Å². The van der Waals surface area contributed by atoms with Crippen LogP contribution in [0.1, 0.15) is 90.9 Å². The molecular weight excluding hydrogens is 250 g/mol. The maximum atomic E-state index is 11.9. The Labute approximate surface area is 124 Å².